The molecule has 0 atom stereocenters. The number of hydrogen-bond donors (Lipinski definition) is 4. The Kier molecular flexibility index (Phi) is 8.44. The first-order valence-electron chi connectivity index (χ1n) is 9.46. The molecule has 0 unspecified atom stereocenters. The van der Waals surface area contributed by atoms with Gasteiger partial charge in [-0.25, -0.2) is 8.42 Å². The Bertz CT molecular complexity index is 1450. The second kappa shape index (κ2) is 10.4. The van der Waals surface area contributed by atoms with E-state index in [0.29, 0.717) is 0 Å². The van der Waals surface area contributed by atoms with E-state index in [0.717, 1.165) is 16.4 Å². The van der Waals surface area contributed by atoms with Crippen molar-refractivity contribution >= 4 is 71.1 Å². The van der Waals surface area contributed by atoms with Crippen molar-refractivity contribution in [3.05, 3.63) is 47.5 Å². The molecule has 34 heavy (non-hydrogen) atoms. The van der Waals surface area contributed by atoms with Crippen molar-refractivity contribution < 1.29 is 34.4 Å². The molecule has 2 aromatic rings. The monoisotopic (exact) mass is 549 g/mol. The van der Waals surface area contributed by atoms with Crippen LogP contribution in [0.5, 0.6) is 0 Å². The van der Waals surface area contributed by atoms with Gasteiger partial charge in [0.2, 0.25) is 10.0 Å². The highest BCUT2D eigenvalue weighted by atomic mass is 32.2. The minimum atomic E-state index is -4.78. The number of hydrogen-bond acceptors (Lipinski definition) is 7. The largest absolute Gasteiger partial charge is 0.366 e. The van der Waals surface area contributed by atoms with Gasteiger partial charge in [-0.05, 0) is 54.5 Å². The summed E-state index contributed by atoms with van der Waals surface area (Å²) in [7, 11) is -10.3. The fraction of sp³-hybridized carbons (Fsp3) is 0.211. The smallest absolute Gasteiger partial charge is 0.295 e. The number of benzene rings is 2. The highest BCUT2D eigenvalue weighted by Crippen LogP contribution is 2.28. The Balaban J connectivity index is 2.59. The van der Waals surface area contributed by atoms with Gasteiger partial charge in [0.15, 0.2) is 5.11 Å². The van der Waals surface area contributed by atoms with Crippen molar-refractivity contribution in [1.82, 2.24) is 5.32 Å². The van der Waals surface area contributed by atoms with E-state index in [4.69, 9.17) is 12.2 Å². The molecule has 2 aromatic carbocycles. The highest BCUT2D eigenvalue weighted by Gasteiger charge is 2.21. The molecule has 4 N–H and O–H groups in total. The molecule has 0 aliphatic heterocycles. The van der Waals surface area contributed by atoms with Gasteiger partial charge in [0.25, 0.3) is 20.2 Å². The van der Waals surface area contributed by atoms with Gasteiger partial charge in [-0.15, -0.1) is 0 Å². The molecule has 0 spiro atoms. The molecular formula is C19H23N3O8S4. The maximum atomic E-state index is 12.1. The predicted molar refractivity (Wildman–Crippen MR) is 135 cm³/mol. The van der Waals surface area contributed by atoms with Crippen LogP contribution in [0.25, 0.3) is 12.2 Å². The molecule has 2 rings (SSSR count). The number of sulfonamides is 1. The summed E-state index contributed by atoms with van der Waals surface area (Å²) < 4.78 is 92.1. The van der Waals surface area contributed by atoms with Gasteiger partial charge in [-0.2, -0.15) is 16.8 Å². The normalized spacial score (nSPS) is 12.5. The van der Waals surface area contributed by atoms with Crippen molar-refractivity contribution in [2.75, 3.05) is 29.5 Å². The Morgan fingerprint density at radius 3 is 1.91 bits per heavy atom. The van der Waals surface area contributed by atoms with E-state index < -0.39 is 40.1 Å². The number of anilines is 2. The molecule has 0 saturated carbocycles. The van der Waals surface area contributed by atoms with Crippen molar-refractivity contribution in [3.63, 3.8) is 0 Å². The van der Waals surface area contributed by atoms with Gasteiger partial charge in [0.05, 0.1) is 11.4 Å². The van der Waals surface area contributed by atoms with E-state index in [-0.39, 0.29) is 33.4 Å². The minimum Gasteiger partial charge on any atom is -0.366 e. The second-order valence-corrected chi connectivity index (χ2v) is 12.3. The van der Waals surface area contributed by atoms with Crippen molar-refractivity contribution in [2.24, 2.45) is 0 Å². The molecular weight excluding hydrogens is 526 g/mol. The van der Waals surface area contributed by atoms with Crippen LogP contribution in [0.15, 0.2) is 46.2 Å². The van der Waals surface area contributed by atoms with E-state index in [1.54, 1.807) is 7.05 Å². The van der Waals surface area contributed by atoms with E-state index in [9.17, 15) is 34.4 Å². The third-order valence-corrected chi connectivity index (χ3v) is 8.54. The quantitative estimate of drug-likeness (QED) is 0.216. The lowest BCUT2D eigenvalue weighted by Gasteiger charge is -2.19. The van der Waals surface area contributed by atoms with E-state index in [1.165, 1.54) is 50.4 Å². The third-order valence-electron chi connectivity index (χ3n) is 4.64. The number of nitrogens with zero attached hydrogens (tertiary/aromatic N) is 1. The van der Waals surface area contributed by atoms with Crippen LogP contribution in [0.4, 0.5) is 11.4 Å². The Morgan fingerprint density at radius 2 is 1.44 bits per heavy atom. The molecule has 0 aliphatic carbocycles. The number of thiocarbonyl (C=S) groups is 1. The predicted octanol–water partition coefficient (Wildman–Crippen LogP) is 2.05. The van der Waals surface area contributed by atoms with Crippen LogP contribution in [0, 0.1) is 0 Å². The van der Waals surface area contributed by atoms with Gasteiger partial charge < -0.3 is 10.6 Å². The zero-order chi connectivity index (χ0) is 25.9. The van der Waals surface area contributed by atoms with Crippen LogP contribution in [0.1, 0.15) is 18.1 Å². The van der Waals surface area contributed by atoms with Crippen molar-refractivity contribution in [1.29, 1.82) is 0 Å². The van der Waals surface area contributed by atoms with Crippen LogP contribution in [0.2, 0.25) is 0 Å². The topological polar surface area (TPSA) is 170 Å². The van der Waals surface area contributed by atoms with E-state index in [1.807, 2.05) is 0 Å². The zero-order valence-electron chi connectivity index (χ0n) is 18.3. The molecule has 0 bridgehead atoms. The average Bonchev–Trinajstić information content (AvgIpc) is 2.76. The highest BCUT2D eigenvalue weighted by molar-refractivity contribution is 7.92. The summed E-state index contributed by atoms with van der Waals surface area (Å²) in [5, 5.41) is 5.58. The summed E-state index contributed by atoms with van der Waals surface area (Å²) in [6.45, 7) is 1.42. The van der Waals surface area contributed by atoms with Crippen molar-refractivity contribution in [3.8, 4) is 0 Å². The van der Waals surface area contributed by atoms with Crippen LogP contribution in [-0.4, -0.2) is 59.3 Å². The summed E-state index contributed by atoms with van der Waals surface area (Å²) in [6.07, 6.45) is 2.43. The summed E-state index contributed by atoms with van der Waals surface area (Å²) >= 11 is 4.96. The maximum absolute atomic E-state index is 12.1. The third kappa shape index (κ3) is 6.74. The standard InChI is InChI=1S/C19H23N3O8S4/c1-4-32(23,24)22(3)16-10-8-14(18(12-16)34(28,29)30)6-5-13-7-9-15(21-19(31)20-2)11-17(13)33(25,26)27/h5-12H,4H2,1-3H3,(H2,20,21,31)(H,25,26,27)(H,28,29,30)/b6-5+. The summed E-state index contributed by atoms with van der Waals surface area (Å²) in [5.74, 6) is -0.228. The minimum absolute atomic E-state index is 0.00109. The lowest BCUT2D eigenvalue weighted by molar-refractivity contribution is 0.480. The first kappa shape index (κ1) is 27.7. The van der Waals surface area contributed by atoms with Gasteiger partial charge in [-0.3, -0.25) is 13.4 Å². The first-order valence-corrected chi connectivity index (χ1v) is 14.4. The number of rotatable bonds is 8. The Morgan fingerprint density at radius 1 is 0.941 bits per heavy atom. The van der Waals surface area contributed by atoms with Crippen molar-refractivity contribution in [2.45, 2.75) is 16.7 Å². The molecule has 0 aromatic heterocycles. The Labute approximate surface area is 204 Å². The lowest BCUT2D eigenvalue weighted by atomic mass is 10.1. The fourth-order valence-corrected chi connectivity index (χ4v) is 5.13. The summed E-state index contributed by atoms with van der Waals surface area (Å²) in [4.78, 5) is -1.07. The van der Waals surface area contributed by atoms with Crippen LogP contribution >= 0.6 is 12.2 Å². The molecule has 186 valence electrons. The molecule has 0 aliphatic rings. The molecule has 0 radical (unpaired) electrons. The SMILES string of the molecule is CCS(=O)(=O)N(C)c1ccc(/C=C/c2ccc(NC(=S)NC)cc2S(=O)(=O)O)c(S(=O)(=O)O)c1. The van der Waals surface area contributed by atoms with Crippen LogP contribution in [-0.2, 0) is 30.3 Å². The average molecular weight is 550 g/mol. The maximum Gasteiger partial charge on any atom is 0.295 e. The van der Waals surface area contributed by atoms with Crippen LogP contribution < -0.4 is 14.9 Å². The second-order valence-electron chi connectivity index (χ2n) is 6.83. The molecule has 11 nitrogen and oxygen atoms in total. The van der Waals surface area contributed by atoms with Gasteiger partial charge in [-0.1, -0.05) is 24.3 Å². The molecule has 0 heterocycles. The van der Waals surface area contributed by atoms with Crippen LogP contribution in [0.3, 0.4) is 0 Å². The summed E-state index contributed by atoms with van der Waals surface area (Å²) in [6, 6.07) is 7.54. The Hall–Kier alpha value is -2.56. The molecule has 0 saturated heterocycles. The summed E-state index contributed by atoms with van der Waals surface area (Å²) in [5.41, 5.74) is 0.237. The first-order chi connectivity index (χ1) is 15.6. The van der Waals surface area contributed by atoms with E-state index >= 15 is 0 Å². The molecule has 15 heteroatoms. The van der Waals surface area contributed by atoms with E-state index in [2.05, 4.69) is 10.6 Å². The fourth-order valence-electron chi connectivity index (χ4n) is 2.78. The zero-order valence-corrected chi connectivity index (χ0v) is 21.5. The lowest BCUT2D eigenvalue weighted by Crippen LogP contribution is -2.28. The molecule has 0 fully saturated rings. The number of nitrogens with one attached hydrogen (secondary N) is 2. The van der Waals surface area contributed by atoms with Gasteiger partial charge in [0.1, 0.15) is 9.79 Å². The molecule has 0 amide bonds. The van der Waals surface area contributed by atoms with Gasteiger partial charge >= 0.3 is 0 Å². The van der Waals surface area contributed by atoms with Gasteiger partial charge in [0, 0.05) is 19.8 Å².